The van der Waals surface area contributed by atoms with Crippen LogP contribution < -0.4 is 0 Å². The molecule has 0 aromatic heterocycles. The molecule has 47 heavy (non-hydrogen) atoms. The highest BCUT2D eigenvalue weighted by Gasteiger charge is 2.34. The molecule has 5 nitrogen and oxygen atoms in total. The van der Waals surface area contributed by atoms with Crippen molar-refractivity contribution in [2.45, 2.75) is 232 Å². The Kier molecular flexibility index (Phi) is 32.8. The predicted molar refractivity (Wildman–Crippen MR) is 203 cm³/mol. The Bertz CT molecular complexity index is 578. The molecule has 4 N–H and O–H groups in total. The average Bonchev–Trinajstić information content (AvgIpc) is 3.06. The van der Waals surface area contributed by atoms with Gasteiger partial charge in [-0.05, 0) is 24.7 Å². The van der Waals surface area contributed by atoms with Crippen LogP contribution in [0.3, 0.4) is 0 Å². The van der Waals surface area contributed by atoms with E-state index in [2.05, 4.69) is 27.7 Å². The van der Waals surface area contributed by atoms with Crippen LogP contribution in [-0.4, -0.2) is 58.1 Å². The molecular formula is C42H86O5. The molecule has 284 valence electrons. The molecule has 0 bridgehead atoms. The number of unbranched alkanes of at least 4 members (excludes halogenated alkanes) is 20. The summed E-state index contributed by atoms with van der Waals surface area (Å²) in [5.74, 6) is 0.729. The maximum Gasteiger partial charge on any atom is 0.111 e. The van der Waals surface area contributed by atoms with Gasteiger partial charge < -0.3 is 25.2 Å². The Morgan fingerprint density at radius 2 is 0.617 bits per heavy atom. The van der Waals surface area contributed by atoms with Crippen LogP contribution in [0.25, 0.3) is 0 Å². The molecule has 0 aliphatic carbocycles. The fourth-order valence-corrected chi connectivity index (χ4v) is 7.39. The minimum absolute atomic E-state index is 0.00535. The van der Waals surface area contributed by atoms with Crippen LogP contribution in [0, 0.1) is 11.8 Å². The van der Waals surface area contributed by atoms with E-state index in [1.807, 2.05) is 0 Å². The van der Waals surface area contributed by atoms with Gasteiger partial charge in [0.25, 0.3) is 0 Å². The van der Waals surface area contributed by atoms with Crippen molar-refractivity contribution < 1.29 is 25.2 Å². The van der Waals surface area contributed by atoms with Gasteiger partial charge in [0.15, 0.2) is 0 Å². The number of aliphatic hydroxyl groups is 4. The number of hydrogen-bond acceptors (Lipinski definition) is 5. The van der Waals surface area contributed by atoms with Crippen LogP contribution in [0.4, 0.5) is 0 Å². The summed E-state index contributed by atoms with van der Waals surface area (Å²) in [6.45, 7) is 8.31. The zero-order valence-corrected chi connectivity index (χ0v) is 32.4. The first-order valence-electron chi connectivity index (χ1n) is 21.1. The quantitative estimate of drug-likeness (QED) is 0.0491. The molecule has 0 saturated heterocycles. The van der Waals surface area contributed by atoms with Gasteiger partial charge in [-0.1, -0.05) is 207 Å². The maximum atomic E-state index is 11.5. The zero-order valence-electron chi connectivity index (χ0n) is 32.4. The van der Waals surface area contributed by atoms with Gasteiger partial charge in [-0.2, -0.15) is 0 Å². The monoisotopic (exact) mass is 671 g/mol. The summed E-state index contributed by atoms with van der Waals surface area (Å²) in [6, 6.07) is 0. The topological polar surface area (TPSA) is 90.2 Å². The minimum Gasteiger partial charge on any atom is -0.393 e. The Labute approximate surface area is 294 Å². The van der Waals surface area contributed by atoms with E-state index in [4.69, 9.17) is 4.74 Å². The van der Waals surface area contributed by atoms with Crippen LogP contribution in [0.15, 0.2) is 0 Å². The van der Waals surface area contributed by atoms with Crippen molar-refractivity contribution >= 4 is 0 Å². The molecular weight excluding hydrogens is 584 g/mol. The lowest BCUT2D eigenvalue weighted by molar-refractivity contribution is -0.137. The van der Waals surface area contributed by atoms with Crippen molar-refractivity contribution in [2.75, 3.05) is 26.4 Å². The second-order valence-corrected chi connectivity index (χ2v) is 15.6. The van der Waals surface area contributed by atoms with Crippen LogP contribution in [0.1, 0.15) is 220 Å². The largest absolute Gasteiger partial charge is 0.393 e. The van der Waals surface area contributed by atoms with Gasteiger partial charge in [0.05, 0.1) is 26.4 Å². The first kappa shape index (κ1) is 46.8. The van der Waals surface area contributed by atoms with Crippen molar-refractivity contribution in [3.8, 4) is 0 Å². The molecule has 5 heteroatoms. The highest BCUT2D eigenvalue weighted by Crippen LogP contribution is 2.30. The van der Waals surface area contributed by atoms with Crippen LogP contribution in [0.2, 0.25) is 0 Å². The normalized spacial score (nSPS) is 15.8. The van der Waals surface area contributed by atoms with Gasteiger partial charge >= 0.3 is 0 Å². The minimum atomic E-state index is -1.32. The Morgan fingerprint density at radius 3 is 0.851 bits per heavy atom. The highest BCUT2D eigenvalue weighted by atomic mass is 16.5. The molecule has 0 amide bonds. The van der Waals surface area contributed by atoms with Crippen LogP contribution >= 0.6 is 0 Å². The van der Waals surface area contributed by atoms with E-state index in [9.17, 15) is 20.4 Å². The van der Waals surface area contributed by atoms with E-state index < -0.39 is 11.2 Å². The smallest absolute Gasteiger partial charge is 0.111 e. The Morgan fingerprint density at radius 1 is 0.383 bits per heavy atom. The predicted octanol–water partition coefficient (Wildman–Crippen LogP) is 11.5. The summed E-state index contributed by atoms with van der Waals surface area (Å²) in [5, 5.41) is 43.6. The molecule has 0 aliphatic heterocycles. The SMILES string of the molecule is CCCCCCCCCC(CCCCCCC)CC(O)(CO)COCC(O)(CO)CC(CCCCCCC)CCCCCCCCC. The fourth-order valence-electron chi connectivity index (χ4n) is 7.39. The third-order valence-corrected chi connectivity index (χ3v) is 10.5. The molecule has 4 unspecified atom stereocenters. The van der Waals surface area contributed by atoms with Crippen molar-refractivity contribution in [3.05, 3.63) is 0 Å². The summed E-state index contributed by atoms with van der Waals surface area (Å²) in [6.07, 6.45) is 35.7. The summed E-state index contributed by atoms with van der Waals surface area (Å²) in [4.78, 5) is 0. The fraction of sp³-hybridized carbons (Fsp3) is 1.00. The first-order valence-corrected chi connectivity index (χ1v) is 21.1. The van der Waals surface area contributed by atoms with Gasteiger partial charge in [0.2, 0.25) is 0 Å². The summed E-state index contributed by atoms with van der Waals surface area (Å²) in [7, 11) is 0. The second kappa shape index (κ2) is 33.0. The summed E-state index contributed by atoms with van der Waals surface area (Å²) < 4.78 is 6.00. The highest BCUT2D eigenvalue weighted by molar-refractivity contribution is 4.85. The molecule has 0 aromatic carbocycles. The van der Waals surface area contributed by atoms with Crippen molar-refractivity contribution in [2.24, 2.45) is 11.8 Å². The standard InChI is InChI=1S/C42H86O5/c1-5-9-13-17-19-23-27-31-39(29-25-21-15-11-7-3)33-41(45,35-43)37-47-38-42(46,36-44)34-40(30-26-22-16-12-8-4)32-28-24-20-18-14-10-6-2/h39-40,43-46H,5-38H2,1-4H3. The van der Waals surface area contributed by atoms with Crippen LogP contribution in [0.5, 0.6) is 0 Å². The Hall–Kier alpha value is -0.200. The molecule has 0 aliphatic rings. The zero-order chi connectivity index (χ0) is 34.9. The van der Waals surface area contributed by atoms with Crippen molar-refractivity contribution in [1.82, 2.24) is 0 Å². The molecule has 0 heterocycles. The molecule has 0 aromatic rings. The van der Waals surface area contributed by atoms with Crippen LogP contribution in [-0.2, 0) is 4.74 Å². The molecule has 0 fully saturated rings. The average molecular weight is 671 g/mol. The molecule has 4 atom stereocenters. The van der Waals surface area contributed by atoms with E-state index >= 15 is 0 Å². The van der Waals surface area contributed by atoms with E-state index in [0.29, 0.717) is 24.7 Å². The van der Waals surface area contributed by atoms with Gasteiger partial charge in [0.1, 0.15) is 11.2 Å². The first-order chi connectivity index (χ1) is 22.8. The Balaban J connectivity index is 5.07. The van der Waals surface area contributed by atoms with E-state index in [1.54, 1.807) is 0 Å². The number of hydrogen-bond donors (Lipinski definition) is 4. The van der Waals surface area contributed by atoms with E-state index in [-0.39, 0.29) is 26.4 Å². The summed E-state index contributed by atoms with van der Waals surface area (Å²) in [5.41, 5.74) is -2.63. The van der Waals surface area contributed by atoms with E-state index in [1.165, 1.54) is 154 Å². The molecule has 0 saturated carbocycles. The number of ether oxygens (including phenoxy) is 1. The van der Waals surface area contributed by atoms with Crippen molar-refractivity contribution in [1.29, 1.82) is 0 Å². The maximum absolute atomic E-state index is 11.5. The van der Waals surface area contributed by atoms with Gasteiger partial charge in [0, 0.05) is 0 Å². The lowest BCUT2D eigenvalue weighted by atomic mass is 9.83. The van der Waals surface area contributed by atoms with Gasteiger partial charge in [-0.15, -0.1) is 0 Å². The van der Waals surface area contributed by atoms with Gasteiger partial charge in [-0.3, -0.25) is 0 Å². The second-order valence-electron chi connectivity index (χ2n) is 15.6. The van der Waals surface area contributed by atoms with Gasteiger partial charge in [-0.25, -0.2) is 0 Å². The van der Waals surface area contributed by atoms with E-state index in [0.717, 1.165) is 25.7 Å². The number of aliphatic hydroxyl groups excluding tert-OH is 2. The lowest BCUT2D eigenvalue weighted by Crippen LogP contribution is -2.45. The summed E-state index contributed by atoms with van der Waals surface area (Å²) >= 11 is 0. The molecule has 0 rings (SSSR count). The van der Waals surface area contributed by atoms with Crippen molar-refractivity contribution in [3.63, 3.8) is 0 Å². The number of rotatable bonds is 38. The molecule has 0 spiro atoms. The lowest BCUT2D eigenvalue weighted by Gasteiger charge is -2.34. The molecule has 0 radical (unpaired) electrons. The third-order valence-electron chi connectivity index (χ3n) is 10.5. The third kappa shape index (κ3) is 28.2.